The maximum Gasteiger partial charge on any atom is 0.252 e. The molecule has 1 amide bonds. The summed E-state index contributed by atoms with van der Waals surface area (Å²) >= 11 is 0. The average molecular weight is 224 g/mol. The number of pyridine rings is 1. The third-order valence-electron chi connectivity index (χ3n) is 2.20. The van der Waals surface area contributed by atoms with Gasteiger partial charge in [0.1, 0.15) is 0 Å². The van der Waals surface area contributed by atoms with Crippen LogP contribution < -0.4 is 10.9 Å². The fraction of sp³-hybridized carbons (Fsp3) is 0.455. The zero-order valence-corrected chi connectivity index (χ0v) is 9.43. The van der Waals surface area contributed by atoms with Crippen molar-refractivity contribution in [3.63, 3.8) is 0 Å². The Morgan fingerprint density at radius 2 is 2.25 bits per heavy atom. The lowest BCUT2D eigenvalue weighted by atomic mass is 10.2. The van der Waals surface area contributed by atoms with Crippen molar-refractivity contribution < 1.29 is 9.90 Å². The van der Waals surface area contributed by atoms with Crippen LogP contribution in [-0.4, -0.2) is 28.2 Å². The zero-order chi connectivity index (χ0) is 12.1. The molecular formula is C11H16N2O3. The smallest absolute Gasteiger partial charge is 0.252 e. The molecule has 0 saturated carbocycles. The van der Waals surface area contributed by atoms with Gasteiger partial charge in [-0.3, -0.25) is 9.59 Å². The topological polar surface area (TPSA) is 71.3 Å². The summed E-state index contributed by atoms with van der Waals surface area (Å²) in [4.78, 5) is 22.7. The van der Waals surface area contributed by atoms with E-state index < -0.39 is 6.10 Å². The number of nitrogens with zero attached hydrogens (tertiary/aromatic N) is 1. The highest BCUT2D eigenvalue weighted by Crippen LogP contribution is 1.95. The van der Waals surface area contributed by atoms with Crippen molar-refractivity contribution in [2.45, 2.75) is 19.4 Å². The molecule has 1 aromatic heterocycles. The Morgan fingerprint density at radius 1 is 1.56 bits per heavy atom. The SMILES string of the molecule is CC(O)CCNC(=O)c1ccc(=O)n(C)c1. The van der Waals surface area contributed by atoms with Gasteiger partial charge in [-0.2, -0.15) is 0 Å². The highest BCUT2D eigenvalue weighted by Gasteiger charge is 2.06. The maximum absolute atomic E-state index is 11.6. The van der Waals surface area contributed by atoms with Crippen LogP contribution >= 0.6 is 0 Å². The van der Waals surface area contributed by atoms with Crippen molar-refractivity contribution in [2.75, 3.05) is 6.54 Å². The minimum absolute atomic E-state index is 0.152. The van der Waals surface area contributed by atoms with Crippen LogP contribution in [0.25, 0.3) is 0 Å². The van der Waals surface area contributed by atoms with Crippen molar-refractivity contribution in [3.05, 3.63) is 34.2 Å². The first-order valence-corrected chi connectivity index (χ1v) is 5.13. The van der Waals surface area contributed by atoms with E-state index in [0.29, 0.717) is 18.5 Å². The van der Waals surface area contributed by atoms with E-state index in [9.17, 15) is 9.59 Å². The largest absolute Gasteiger partial charge is 0.393 e. The van der Waals surface area contributed by atoms with Gasteiger partial charge in [0, 0.05) is 25.9 Å². The van der Waals surface area contributed by atoms with Crippen LogP contribution in [0.5, 0.6) is 0 Å². The third kappa shape index (κ3) is 3.51. The normalized spacial score (nSPS) is 12.2. The van der Waals surface area contributed by atoms with E-state index in [1.807, 2.05) is 0 Å². The Balaban J connectivity index is 2.60. The lowest BCUT2D eigenvalue weighted by Crippen LogP contribution is -2.28. The van der Waals surface area contributed by atoms with Crippen LogP contribution in [0.15, 0.2) is 23.1 Å². The van der Waals surface area contributed by atoms with E-state index in [0.717, 1.165) is 0 Å². The molecule has 1 unspecified atom stereocenters. The fourth-order valence-electron chi connectivity index (χ4n) is 1.22. The Morgan fingerprint density at radius 3 is 2.81 bits per heavy atom. The lowest BCUT2D eigenvalue weighted by Gasteiger charge is -2.07. The summed E-state index contributed by atoms with van der Waals surface area (Å²) in [6.07, 6.45) is 1.57. The number of carbonyl (C=O) groups is 1. The van der Waals surface area contributed by atoms with Gasteiger partial charge in [-0.25, -0.2) is 0 Å². The van der Waals surface area contributed by atoms with E-state index in [4.69, 9.17) is 5.11 Å². The Labute approximate surface area is 93.7 Å². The second-order valence-corrected chi connectivity index (χ2v) is 3.76. The molecular weight excluding hydrogens is 208 g/mol. The van der Waals surface area contributed by atoms with Crippen LogP contribution in [0, 0.1) is 0 Å². The van der Waals surface area contributed by atoms with Crippen LogP contribution in [0.3, 0.4) is 0 Å². The van der Waals surface area contributed by atoms with Crippen LogP contribution in [0.4, 0.5) is 0 Å². The quantitative estimate of drug-likeness (QED) is 0.749. The molecule has 0 aliphatic heterocycles. The van der Waals surface area contributed by atoms with Gasteiger partial charge in [-0.15, -0.1) is 0 Å². The summed E-state index contributed by atoms with van der Waals surface area (Å²) in [6, 6.07) is 2.84. The summed E-state index contributed by atoms with van der Waals surface area (Å²) in [6.45, 7) is 2.08. The molecule has 2 N–H and O–H groups in total. The van der Waals surface area contributed by atoms with Gasteiger partial charge in [0.25, 0.3) is 5.91 Å². The first-order chi connectivity index (χ1) is 7.50. The van der Waals surface area contributed by atoms with Crippen molar-refractivity contribution >= 4 is 5.91 Å². The van der Waals surface area contributed by atoms with Crippen molar-refractivity contribution in [2.24, 2.45) is 7.05 Å². The number of hydrogen-bond donors (Lipinski definition) is 2. The Kier molecular flexibility index (Phi) is 4.25. The Bertz CT molecular complexity index is 423. The molecule has 5 heteroatoms. The number of nitrogens with one attached hydrogen (secondary N) is 1. The molecule has 1 heterocycles. The number of aromatic nitrogens is 1. The van der Waals surface area contributed by atoms with E-state index >= 15 is 0 Å². The summed E-state index contributed by atoms with van der Waals surface area (Å²) in [5.74, 6) is -0.240. The second kappa shape index (κ2) is 5.46. The second-order valence-electron chi connectivity index (χ2n) is 3.76. The van der Waals surface area contributed by atoms with Crippen LogP contribution in [0.1, 0.15) is 23.7 Å². The number of aryl methyl sites for hydroxylation is 1. The molecule has 0 bridgehead atoms. The molecule has 5 nitrogen and oxygen atoms in total. The number of amides is 1. The standard InChI is InChI=1S/C11H16N2O3/c1-8(14)5-6-12-11(16)9-3-4-10(15)13(2)7-9/h3-4,7-8,14H,5-6H2,1-2H3,(H,12,16). The summed E-state index contributed by atoms with van der Waals surface area (Å²) < 4.78 is 1.35. The highest BCUT2D eigenvalue weighted by atomic mass is 16.3. The van der Waals surface area contributed by atoms with Crippen molar-refractivity contribution in [3.8, 4) is 0 Å². The van der Waals surface area contributed by atoms with E-state index in [-0.39, 0.29) is 11.5 Å². The number of aliphatic hydroxyl groups is 1. The molecule has 1 atom stereocenters. The molecule has 1 aromatic rings. The van der Waals surface area contributed by atoms with Crippen molar-refractivity contribution in [1.82, 2.24) is 9.88 Å². The number of hydrogen-bond acceptors (Lipinski definition) is 3. The Hall–Kier alpha value is -1.62. The van der Waals surface area contributed by atoms with Crippen LogP contribution in [0.2, 0.25) is 0 Å². The molecule has 0 fully saturated rings. The lowest BCUT2D eigenvalue weighted by molar-refractivity contribution is 0.0945. The van der Waals surface area contributed by atoms with E-state index in [2.05, 4.69) is 5.32 Å². The van der Waals surface area contributed by atoms with Crippen molar-refractivity contribution in [1.29, 1.82) is 0 Å². The maximum atomic E-state index is 11.6. The first kappa shape index (κ1) is 12.4. The highest BCUT2D eigenvalue weighted by molar-refractivity contribution is 5.93. The fourth-order valence-corrected chi connectivity index (χ4v) is 1.22. The third-order valence-corrected chi connectivity index (χ3v) is 2.20. The molecule has 0 saturated heterocycles. The predicted octanol–water partition coefficient (Wildman–Crippen LogP) is -0.114. The summed E-state index contributed by atoms with van der Waals surface area (Å²) in [5.41, 5.74) is 0.285. The van der Waals surface area contributed by atoms with Gasteiger partial charge < -0.3 is 15.0 Å². The molecule has 0 aromatic carbocycles. The number of rotatable bonds is 4. The summed E-state index contributed by atoms with van der Waals surface area (Å²) in [7, 11) is 1.59. The molecule has 0 aliphatic carbocycles. The molecule has 16 heavy (non-hydrogen) atoms. The van der Waals surface area contributed by atoms with Gasteiger partial charge in [0.15, 0.2) is 0 Å². The minimum atomic E-state index is -0.430. The van der Waals surface area contributed by atoms with Gasteiger partial charge in [-0.05, 0) is 19.4 Å². The molecule has 88 valence electrons. The monoisotopic (exact) mass is 224 g/mol. The van der Waals surface area contributed by atoms with Crippen LogP contribution in [-0.2, 0) is 7.05 Å². The van der Waals surface area contributed by atoms with E-state index in [1.165, 1.54) is 22.9 Å². The number of carbonyl (C=O) groups excluding carboxylic acids is 1. The van der Waals surface area contributed by atoms with Gasteiger partial charge >= 0.3 is 0 Å². The summed E-state index contributed by atoms with van der Waals surface area (Å²) in [5, 5.41) is 11.7. The molecule has 0 spiro atoms. The number of aliphatic hydroxyl groups excluding tert-OH is 1. The molecule has 0 aliphatic rings. The van der Waals surface area contributed by atoms with Gasteiger partial charge in [0.05, 0.1) is 11.7 Å². The van der Waals surface area contributed by atoms with Gasteiger partial charge in [0.2, 0.25) is 5.56 Å². The average Bonchev–Trinajstić information content (AvgIpc) is 2.21. The predicted molar refractivity (Wildman–Crippen MR) is 60.3 cm³/mol. The minimum Gasteiger partial charge on any atom is -0.393 e. The first-order valence-electron chi connectivity index (χ1n) is 5.13. The van der Waals surface area contributed by atoms with Gasteiger partial charge in [-0.1, -0.05) is 0 Å². The molecule has 1 rings (SSSR count). The van der Waals surface area contributed by atoms with E-state index in [1.54, 1.807) is 14.0 Å². The molecule has 0 radical (unpaired) electrons. The zero-order valence-electron chi connectivity index (χ0n) is 9.43.